The Balaban J connectivity index is 1.76. The van der Waals surface area contributed by atoms with E-state index in [2.05, 4.69) is 0 Å². The summed E-state index contributed by atoms with van der Waals surface area (Å²) in [5.41, 5.74) is 2.26. The molecule has 1 fully saturated rings. The number of rotatable bonds is 7. The molecular formula is C23H27ClFNO3. The van der Waals surface area contributed by atoms with Crippen molar-refractivity contribution in [2.45, 2.75) is 52.4 Å². The average Bonchev–Trinajstić information content (AvgIpc) is 3.19. The molecule has 0 bridgehead atoms. The van der Waals surface area contributed by atoms with Crippen LogP contribution in [0.1, 0.15) is 36.5 Å². The number of nitrogens with zero attached hydrogens (tertiary/aromatic N) is 1. The molecule has 0 aliphatic carbocycles. The van der Waals surface area contributed by atoms with Crippen LogP contribution in [0.5, 0.6) is 5.75 Å². The van der Waals surface area contributed by atoms with Crippen molar-refractivity contribution in [1.82, 2.24) is 4.90 Å². The van der Waals surface area contributed by atoms with E-state index in [1.807, 2.05) is 26.0 Å². The van der Waals surface area contributed by atoms with Gasteiger partial charge < -0.3 is 14.4 Å². The number of hydrogen-bond donors (Lipinski definition) is 0. The van der Waals surface area contributed by atoms with Crippen molar-refractivity contribution < 1.29 is 18.7 Å². The van der Waals surface area contributed by atoms with Gasteiger partial charge in [0, 0.05) is 30.3 Å². The number of halogens is 2. The zero-order chi connectivity index (χ0) is 21.0. The Morgan fingerprint density at radius 3 is 2.62 bits per heavy atom. The minimum absolute atomic E-state index is 0.0297. The van der Waals surface area contributed by atoms with E-state index in [-0.39, 0.29) is 24.4 Å². The molecule has 1 amide bonds. The lowest BCUT2D eigenvalue weighted by molar-refractivity contribution is -0.140. The summed E-state index contributed by atoms with van der Waals surface area (Å²) in [5.74, 6) is 0.0670. The van der Waals surface area contributed by atoms with Crippen LogP contribution < -0.4 is 4.74 Å². The lowest BCUT2D eigenvalue weighted by atomic mass is 10.1. The lowest BCUT2D eigenvalue weighted by Gasteiger charge is -2.28. The molecule has 3 rings (SSSR count). The van der Waals surface area contributed by atoms with Crippen LogP contribution in [0.4, 0.5) is 4.39 Å². The van der Waals surface area contributed by atoms with E-state index < -0.39 is 6.10 Å². The Hall–Kier alpha value is -2.11. The second kappa shape index (κ2) is 9.59. The molecular weight excluding hydrogens is 393 g/mol. The average molecular weight is 420 g/mol. The molecule has 1 aliphatic rings. The minimum Gasteiger partial charge on any atom is -0.481 e. The summed E-state index contributed by atoms with van der Waals surface area (Å²) in [7, 11) is 0. The Morgan fingerprint density at radius 2 is 2.00 bits per heavy atom. The maximum absolute atomic E-state index is 14.2. The fourth-order valence-electron chi connectivity index (χ4n) is 3.58. The number of carbonyl (C=O) groups is 1. The zero-order valence-electron chi connectivity index (χ0n) is 17.1. The largest absolute Gasteiger partial charge is 0.481 e. The molecule has 0 aromatic heterocycles. The van der Waals surface area contributed by atoms with Crippen molar-refractivity contribution in [2.75, 3.05) is 13.2 Å². The van der Waals surface area contributed by atoms with Crippen molar-refractivity contribution >= 4 is 17.5 Å². The van der Waals surface area contributed by atoms with E-state index in [1.165, 1.54) is 6.07 Å². The van der Waals surface area contributed by atoms with Gasteiger partial charge in [-0.15, -0.1) is 0 Å². The van der Waals surface area contributed by atoms with Crippen molar-refractivity contribution in [1.29, 1.82) is 0 Å². The molecule has 0 N–H and O–H groups in total. The van der Waals surface area contributed by atoms with Crippen LogP contribution in [0.2, 0.25) is 5.02 Å². The van der Waals surface area contributed by atoms with Crippen LogP contribution >= 0.6 is 11.6 Å². The highest BCUT2D eigenvalue weighted by atomic mass is 35.5. The summed E-state index contributed by atoms with van der Waals surface area (Å²) in [6, 6.07) is 10.2. The topological polar surface area (TPSA) is 38.8 Å². The molecule has 156 valence electrons. The second-order valence-electron chi connectivity index (χ2n) is 7.58. The van der Waals surface area contributed by atoms with Crippen LogP contribution in [-0.2, 0) is 16.1 Å². The predicted octanol–water partition coefficient (Wildman–Crippen LogP) is 5.07. The smallest absolute Gasteiger partial charge is 0.263 e. The molecule has 2 aromatic carbocycles. The van der Waals surface area contributed by atoms with Gasteiger partial charge in [0.15, 0.2) is 6.10 Å². The standard InChI is InChI=1S/C23H27ClFNO3/c1-15-11-20(12-16(2)22(15)24)29-17(3)23(27)26(14-19-8-6-10-28-19)13-18-7-4-5-9-21(18)25/h4-5,7,9,11-12,17,19H,6,8,10,13-14H2,1-3H3. The Labute approximate surface area is 176 Å². The molecule has 0 saturated carbocycles. The number of ether oxygens (including phenoxy) is 2. The summed E-state index contributed by atoms with van der Waals surface area (Å²) in [6.07, 6.45) is 1.12. The van der Waals surface area contributed by atoms with Crippen LogP contribution in [0.25, 0.3) is 0 Å². The molecule has 1 aliphatic heterocycles. The Morgan fingerprint density at radius 1 is 1.31 bits per heavy atom. The van der Waals surface area contributed by atoms with E-state index in [0.29, 0.717) is 29.5 Å². The van der Waals surface area contributed by atoms with Gasteiger partial charge in [-0.05, 0) is 62.9 Å². The third kappa shape index (κ3) is 5.49. The van der Waals surface area contributed by atoms with Gasteiger partial charge in [0.05, 0.1) is 6.10 Å². The van der Waals surface area contributed by atoms with Crippen molar-refractivity contribution in [3.05, 3.63) is 63.9 Å². The highest BCUT2D eigenvalue weighted by Crippen LogP contribution is 2.27. The molecule has 2 atom stereocenters. The first-order valence-corrected chi connectivity index (χ1v) is 10.3. The quantitative estimate of drug-likeness (QED) is 0.628. The van der Waals surface area contributed by atoms with Crippen LogP contribution in [0.3, 0.4) is 0 Å². The third-order valence-electron chi connectivity index (χ3n) is 5.15. The van der Waals surface area contributed by atoms with E-state index in [9.17, 15) is 9.18 Å². The fourth-order valence-corrected chi connectivity index (χ4v) is 3.69. The number of benzene rings is 2. The predicted molar refractivity (Wildman–Crippen MR) is 112 cm³/mol. The summed E-state index contributed by atoms with van der Waals surface area (Å²) in [6.45, 7) is 6.80. The number of hydrogen-bond acceptors (Lipinski definition) is 3. The van der Waals surface area contributed by atoms with Gasteiger partial charge in [-0.3, -0.25) is 4.79 Å². The first-order valence-electron chi connectivity index (χ1n) is 9.92. The summed E-state index contributed by atoms with van der Waals surface area (Å²) < 4.78 is 25.8. The summed E-state index contributed by atoms with van der Waals surface area (Å²) in [4.78, 5) is 14.8. The molecule has 29 heavy (non-hydrogen) atoms. The van der Waals surface area contributed by atoms with E-state index in [0.717, 1.165) is 24.0 Å². The molecule has 0 spiro atoms. The second-order valence-corrected chi connectivity index (χ2v) is 7.95. The highest BCUT2D eigenvalue weighted by molar-refractivity contribution is 6.32. The van der Waals surface area contributed by atoms with Gasteiger partial charge in [0.25, 0.3) is 5.91 Å². The van der Waals surface area contributed by atoms with Crippen molar-refractivity contribution in [2.24, 2.45) is 0 Å². The monoisotopic (exact) mass is 419 g/mol. The normalized spacial score (nSPS) is 17.2. The SMILES string of the molecule is Cc1cc(OC(C)C(=O)N(Cc2ccccc2F)CC2CCCO2)cc(C)c1Cl. The number of aryl methyl sites for hydroxylation is 2. The molecule has 1 heterocycles. The van der Waals surface area contributed by atoms with E-state index >= 15 is 0 Å². The van der Waals surface area contributed by atoms with Gasteiger partial charge in [0.1, 0.15) is 11.6 Å². The summed E-state index contributed by atoms with van der Waals surface area (Å²) in [5, 5.41) is 0.691. The maximum Gasteiger partial charge on any atom is 0.263 e. The molecule has 2 unspecified atom stereocenters. The van der Waals surface area contributed by atoms with Crippen molar-refractivity contribution in [3.8, 4) is 5.75 Å². The molecule has 4 nitrogen and oxygen atoms in total. The van der Waals surface area contributed by atoms with Gasteiger partial charge in [0.2, 0.25) is 0 Å². The van der Waals surface area contributed by atoms with Gasteiger partial charge >= 0.3 is 0 Å². The fraction of sp³-hybridized carbons (Fsp3) is 0.435. The van der Waals surface area contributed by atoms with Crippen LogP contribution in [0, 0.1) is 19.7 Å². The van der Waals surface area contributed by atoms with E-state index in [1.54, 1.807) is 30.0 Å². The van der Waals surface area contributed by atoms with Gasteiger partial charge in [-0.25, -0.2) is 4.39 Å². The first kappa shape index (κ1) is 21.6. The third-order valence-corrected chi connectivity index (χ3v) is 5.75. The molecule has 6 heteroatoms. The lowest BCUT2D eigenvalue weighted by Crippen LogP contribution is -2.43. The van der Waals surface area contributed by atoms with Crippen LogP contribution in [0.15, 0.2) is 36.4 Å². The Bertz CT molecular complexity index is 844. The van der Waals surface area contributed by atoms with E-state index in [4.69, 9.17) is 21.1 Å². The zero-order valence-corrected chi connectivity index (χ0v) is 17.8. The molecule has 0 radical (unpaired) electrons. The maximum atomic E-state index is 14.2. The Kier molecular flexibility index (Phi) is 7.14. The summed E-state index contributed by atoms with van der Waals surface area (Å²) >= 11 is 6.22. The first-order chi connectivity index (χ1) is 13.8. The molecule has 1 saturated heterocycles. The molecule has 2 aromatic rings. The van der Waals surface area contributed by atoms with Gasteiger partial charge in [-0.1, -0.05) is 29.8 Å². The van der Waals surface area contributed by atoms with Crippen LogP contribution in [-0.4, -0.2) is 36.2 Å². The highest BCUT2D eigenvalue weighted by Gasteiger charge is 2.27. The number of amides is 1. The minimum atomic E-state index is -0.719. The number of carbonyl (C=O) groups excluding carboxylic acids is 1. The van der Waals surface area contributed by atoms with Crippen molar-refractivity contribution in [3.63, 3.8) is 0 Å². The van der Waals surface area contributed by atoms with Gasteiger partial charge in [-0.2, -0.15) is 0 Å².